The summed E-state index contributed by atoms with van der Waals surface area (Å²) in [5.41, 5.74) is 6.29. The van der Waals surface area contributed by atoms with E-state index in [0.717, 1.165) is 44.8 Å². The molecule has 19 heavy (non-hydrogen) atoms. The molecule has 5 nitrogen and oxygen atoms in total. The molecule has 0 aromatic heterocycles. The summed E-state index contributed by atoms with van der Waals surface area (Å²) in [6.45, 7) is 5.53. The van der Waals surface area contributed by atoms with Gasteiger partial charge in [0, 0.05) is 44.8 Å². The van der Waals surface area contributed by atoms with Crippen molar-refractivity contribution < 1.29 is 4.79 Å². The van der Waals surface area contributed by atoms with E-state index in [1.54, 1.807) is 0 Å². The molecule has 0 spiro atoms. The molecule has 3 rings (SSSR count). The molecule has 2 aliphatic rings. The van der Waals surface area contributed by atoms with Gasteiger partial charge >= 0.3 is 0 Å². The Morgan fingerprint density at radius 3 is 2.68 bits per heavy atom. The first-order valence-electron chi connectivity index (χ1n) is 6.79. The summed E-state index contributed by atoms with van der Waals surface area (Å²) in [7, 11) is 2.10. The van der Waals surface area contributed by atoms with Gasteiger partial charge in [-0.3, -0.25) is 10.2 Å². The molecule has 1 aromatic carbocycles. The van der Waals surface area contributed by atoms with E-state index >= 15 is 0 Å². The normalized spacial score (nSPS) is 20.3. The van der Waals surface area contributed by atoms with Crippen LogP contribution in [0, 0.1) is 0 Å². The third kappa shape index (κ3) is 2.78. The number of nitrogens with one attached hydrogen (secondary N) is 2. The average molecular weight is 260 g/mol. The van der Waals surface area contributed by atoms with Crippen LogP contribution in [0.1, 0.15) is 21.5 Å². The number of fused-ring (bicyclic) bond motifs is 1. The van der Waals surface area contributed by atoms with Crippen LogP contribution in [0.15, 0.2) is 18.2 Å². The van der Waals surface area contributed by atoms with Gasteiger partial charge in [-0.15, -0.1) is 0 Å². The molecule has 0 bridgehead atoms. The number of benzene rings is 1. The Morgan fingerprint density at radius 1 is 1.16 bits per heavy atom. The van der Waals surface area contributed by atoms with Crippen LogP contribution in [0.2, 0.25) is 0 Å². The second kappa shape index (κ2) is 5.28. The molecule has 1 aromatic rings. The van der Waals surface area contributed by atoms with Crippen LogP contribution in [0.4, 0.5) is 0 Å². The Hall–Kier alpha value is -1.43. The maximum absolute atomic E-state index is 12.2. The first-order valence-corrected chi connectivity index (χ1v) is 6.79. The molecule has 5 heteroatoms. The van der Waals surface area contributed by atoms with Crippen LogP contribution in [0.25, 0.3) is 0 Å². The van der Waals surface area contributed by atoms with Crippen molar-refractivity contribution in [2.75, 3.05) is 33.2 Å². The zero-order valence-corrected chi connectivity index (χ0v) is 11.3. The average Bonchev–Trinajstić information content (AvgIpc) is 2.88. The predicted octanol–water partition coefficient (Wildman–Crippen LogP) is 0.182. The fourth-order valence-corrected chi connectivity index (χ4v) is 2.56. The lowest BCUT2D eigenvalue weighted by Gasteiger charge is -2.32. The number of hydrogen-bond acceptors (Lipinski definition) is 4. The Kier molecular flexibility index (Phi) is 3.50. The van der Waals surface area contributed by atoms with E-state index in [-0.39, 0.29) is 5.91 Å². The first kappa shape index (κ1) is 12.6. The fourth-order valence-electron chi connectivity index (χ4n) is 2.56. The van der Waals surface area contributed by atoms with E-state index in [9.17, 15) is 4.79 Å². The Morgan fingerprint density at radius 2 is 1.89 bits per heavy atom. The van der Waals surface area contributed by atoms with E-state index in [4.69, 9.17) is 0 Å². The fraction of sp³-hybridized carbons (Fsp3) is 0.500. The van der Waals surface area contributed by atoms with Crippen LogP contribution >= 0.6 is 0 Å². The molecule has 1 saturated heterocycles. The smallest absolute Gasteiger partial charge is 0.265 e. The van der Waals surface area contributed by atoms with Gasteiger partial charge in [0.15, 0.2) is 0 Å². The number of rotatable bonds is 2. The summed E-state index contributed by atoms with van der Waals surface area (Å²) in [5.74, 6) is -0.000692. The van der Waals surface area contributed by atoms with E-state index in [2.05, 4.69) is 22.7 Å². The third-order valence-electron chi connectivity index (χ3n) is 3.86. The van der Waals surface area contributed by atoms with Crippen molar-refractivity contribution in [3.63, 3.8) is 0 Å². The molecule has 102 valence electrons. The maximum atomic E-state index is 12.2. The summed E-state index contributed by atoms with van der Waals surface area (Å²) >= 11 is 0. The second-order valence-corrected chi connectivity index (χ2v) is 5.32. The minimum atomic E-state index is -0.000692. The standard InChI is InChI=1S/C14H20N4O/c1-17-4-6-18(7-5-17)16-14(19)11-2-3-12-9-15-10-13(12)8-11/h2-3,8,15H,4-7,9-10H2,1H3,(H,16,19). The summed E-state index contributed by atoms with van der Waals surface area (Å²) in [6, 6.07) is 5.96. The molecule has 1 fully saturated rings. The molecule has 0 radical (unpaired) electrons. The molecule has 2 aliphatic heterocycles. The van der Waals surface area contributed by atoms with E-state index in [1.165, 1.54) is 11.1 Å². The van der Waals surface area contributed by atoms with Crippen molar-refractivity contribution in [3.8, 4) is 0 Å². The van der Waals surface area contributed by atoms with Crippen molar-refractivity contribution in [1.29, 1.82) is 0 Å². The largest absolute Gasteiger partial charge is 0.309 e. The SMILES string of the molecule is CN1CCN(NC(=O)c2ccc3c(c2)CNC3)CC1. The number of carbonyl (C=O) groups is 1. The summed E-state index contributed by atoms with van der Waals surface area (Å²) in [5, 5.41) is 5.30. The first-order chi connectivity index (χ1) is 9.22. The number of hydrazine groups is 1. The molecule has 2 N–H and O–H groups in total. The predicted molar refractivity (Wildman–Crippen MR) is 73.5 cm³/mol. The minimum absolute atomic E-state index is 0.000692. The van der Waals surface area contributed by atoms with Crippen molar-refractivity contribution >= 4 is 5.91 Å². The van der Waals surface area contributed by atoms with Crippen LogP contribution in [0.3, 0.4) is 0 Å². The zero-order chi connectivity index (χ0) is 13.2. The van der Waals surface area contributed by atoms with E-state index < -0.39 is 0 Å². The van der Waals surface area contributed by atoms with Crippen LogP contribution in [-0.2, 0) is 13.1 Å². The molecule has 1 amide bonds. The summed E-state index contributed by atoms with van der Waals surface area (Å²) < 4.78 is 0. The van der Waals surface area contributed by atoms with Crippen molar-refractivity contribution in [3.05, 3.63) is 34.9 Å². The highest BCUT2D eigenvalue weighted by molar-refractivity contribution is 5.94. The van der Waals surface area contributed by atoms with Gasteiger partial charge in [-0.1, -0.05) is 6.07 Å². The van der Waals surface area contributed by atoms with Crippen LogP contribution in [0.5, 0.6) is 0 Å². The molecule has 0 aliphatic carbocycles. The third-order valence-corrected chi connectivity index (χ3v) is 3.86. The molecular weight excluding hydrogens is 240 g/mol. The van der Waals surface area contributed by atoms with Crippen LogP contribution in [-0.4, -0.2) is 49.0 Å². The highest BCUT2D eigenvalue weighted by atomic mass is 16.2. The molecule has 0 unspecified atom stereocenters. The Bertz CT molecular complexity index is 480. The monoisotopic (exact) mass is 260 g/mol. The number of hydrogen-bond donors (Lipinski definition) is 2. The van der Waals surface area contributed by atoms with Crippen molar-refractivity contribution in [2.24, 2.45) is 0 Å². The Balaban J connectivity index is 1.64. The van der Waals surface area contributed by atoms with Gasteiger partial charge in [0.05, 0.1) is 0 Å². The van der Waals surface area contributed by atoms with Gasteiger partial charge in [-0.2, -0.15) is 0 Å². The quantitative estimate of drug-likeness (QED) is 0.796. The van der Waals surface area contributed by atoms with E-state index in [0.29, 0.717) is 0 Å². The van der Waals surface area contributed by atoms with Gasteiger partial charge in [-0.25, -0.2) is 5.01 Å². The topological polar surface area (TPSA) is 47.6 Å². The van der Waals surface area contributed by atoms with E-state index in [1.807, 2.05) is 23.2 Å². The lowest BCUT2D eigenvalue weighted by atomic mass is 10.1. The molecule has 2 heterocycles. The van der Waals surface area contributed by atoms with Crippen LogP contribution < -0.4 is 10.7 Å². The lowest BCUT2D eigenvalue weighted by Crippen LogP contribution is -2.52. The number of amides is 1. The minimum Gasteiger partial charge on any atom is -0.309 e. The number of nitrogens with zero attached hydrogens (tertiary/aromatic N) is 2. The number of piperazine rings is 1. The number of likely N-dealkylation sites (N-methyl/N-ethyl adjacent to an activating group) is 1. The molecular formula is C14H20N4O. The van der Waals surface area contributed by atoms with Crippen molar-refractivity contribution in [1.82, 2.24) is 20.7 Å². The van der Waals surface area contributed by atoms with Gasteiger partial charge in [0.2, 0.25) is 0 Å². The van der Waals surface area contributed by atoms with Gasteiger partial charge in [0.25, 0.3) is 5.91 Å². The lowest BCUT2D eigenvalue weighted by molar-refractivity contribution is 0.0662. The maximum Gasteiger partial charge on any atom is 0.265 e. The summed E-state index contributed by atoms with van der Waals surface area (Å²) in [4.78, 5) is 14.5. The van der Waals surface area contributed by atoms with Gasteiger partial charge in [0.1, 0.15) is 0 Å². The highest BCUT2D eigenvalue weighted by Gasteiger charge is 2.18. The van der Waals surface area contributed by atoms with Crippen molar-refractivity contribution in [2.45, 2.75) is 13.1 Å². The second-order valence-electron chi connectivity index (χ2n) is 5.32. The Labute approximate surface area is 113 Å². The molecule has 0 saturated carbocycles. The molecule has 0 atom stereocenters. The van der Waals surface area contributed by atoms with Gasteiger partial charge in [-0.05, 0) is 30.3 Å². The highest BCUT2D eigenvalue weighted by Crippen LogP contribution is 2.17. The number of carbonyl (C=O) groups excluding carboxylic acids is 1. The zero-order valence-electron chi connectivity index (χ0n) is 11.3. The summed E-state index contributed by atoms with van der Waals surface area (Å²) in [6.07, 6.45) is 0. The van der Waals surface area contributed by atoms with Gasteiger partial charge < -0.3 is 10.2 Å².